The van der Waals surface area contributed by atoms with Crippen LogP contribution in [0.25, 0.3) is 0 Å². The minimum Gasteiger partial charge on any atom is -0.480 e. The molecule has 0 spiro atoms. The van der Waals surface area contributed by atoms with Crippen molar-refractivity contribution in [3.8, 4) is 0 Å². The summed E-state index contributed by atoms with van der Waals surface area (Å²) in [4.78, 5) is 21.7. The van der Waals surface area contributed by atoms with Crippen LogP contribution >= 0.6 is 0 Å². The van der Waals surface area contributed by atoms with Crippen molar-refractivity contribution in [2.45, 2.75) is 39.3 Å². The number of carboxylic acids is 1. The molecule has 0 bridgehead atoms. The Morgan fingerprint density at radius 2 is 1.82 bits per heavy atom. The first-order valence-electron chi connectivity index (χ1n) is 4.87. The third kappa shape index (κ3) is 7.70. The second kappa shape index (κ2) is 5.46. The van der Waals surface area contributed by atoms with E-state index in [4.69, 9.17) is 9.84 Å². The van der Waals surface area contributed by atoms with Gasteiger partial charge in [-0.05, 0) is 27.7 Å². The van der Waals surface area contributed by atoms with Gasteiger partial charge in [0.05, 0.1) is 0 Å². The highest BCUT2D eigenvalue weighted by molar-refractivity contribution is 7.90. The van der Waals surface area contributed by atoms with E-state index in [1.54, 1.807) is 20.8 Å². The fourth-order valence-corrected chi connectivity index (χ4v) is 1.98. The summed E-state index contributed by atoms with van der Waals surface area (Å²) in [6.07, 6.45) is 0. The zero-order valence-corrected chi connectivity index (χ0v) is 11.0. The number of hydrogen-bond donors (Lipinski definition) is 2. The van der Waals surface area contributed by atoms with Crippen LogP contribution in [0, 0.1) is 0 Å². The molecule has 0 aliphatic heterocycles. The fraction of sp³-hybridized carbons (Fsp3) is 0.778. The molecule has 100 valence electrons. The molecule has 0 heterocycles. The molecular formula is C9H17NO6S. The molecule has 2 N–H and O–H groups in total. The average molecular weight is 267 g/mol. The predicted molar refractivity (Wildman–Crippen MR) is 59.9 cm³/mol. The average Bonchev–Trinajstić information content (AvgIpc) is 1.96. The summed E-state index contributed by atoms with van der Waals surface area (Å²) in [5.74, 6) is -3.15. The van der Waals surface area contributed by atoms with Crippen molar-refractivity contribution in [3.63, 3.8) is 0 Å². The van der Waals surface area contributed by atoms with Crippen LogP contribution in [-0.4, -0.2) is 42.9 Å². The summed E-state index contributed by atoms with van der Waals surface area (Å²) >= 11 is 0. The molecule has 0 aromatic rings. The molecule has 8 heteroatoms. The fourth-order valence-electron chi connectivity index (χ4n) is 0.888. The highest BCUT2D eigenvalue weighted by atomic mass is 32.2. The van der Waals surface area contributed by atoms with E-state index in [1.807, 2.05) is 4.72 Å². The normalized spacial score (nSPS) is 14.1. The Balaban J connectivity index is 4.47. The van der Waals surface area contributed by atoms with Crippen molar-refractivity contribution in [3.05, 3.63) is 0 Å². The number of sulfonamides is 1. The summed E-state index contributed by atoms with van der Waals surface area (Å²) in [5.41, 5.74) is -0.787. The molecule has 0 aromatic carbocycles. The van der Waals surface area contributed by atoms with Gasteiger partial charge >= 0.3 is 11.9 Å². The van der Waals surface area contributed by atoms with Gasteiger partial charge in [0.2, 0.25) is 10.0 Å². The van der Waals surface area contributed by atoms with Crippen LogP contribution in [-0.2, 0) is 24.3 Å². The lowest BCUT2D eigenvalue weighted by Crippen LogP contribution is -2.42. The van der Waals surface area contributed by atoms with Gasteiger partial charge in [-0.3, -0.25) is 9.59 Å². The van der Waals surface area contributed by atoms with Gasteiger partial charge in [-0.15, -0.1) is 0 Å². The molecule has 0 aliphatic carbocycles. The quantitative estimate of drug-likeness (QED) is 0.663. The number of nitrogens with one attached hydrogen (secondary N) is 1. The first-order valence-corrected chi connectivity index (χ1v) is 6.53. The van der Waals surface area contributed by atoms with E-state index in [1.165, 1.54) is 0 Å². The maximum atomic E-state index is 11.4. The third-order valence-corrected chi connectivity index (χ3v) is 2.78. The Hall–Kier alpha value is -1.15. The van der Waals surface area contributed by atoms with E-state index in [2.05, 4.69) is 0 Å². The smallest absolute Gasteiger partial charge is 0.323 e. The van der Waals surface area contributed by atoms with Crippen LogP contribution in [0.1, 0.15) is 27.7 Å². The zero-order chi connectivity index (χ0) is 13.9. The topological polar surface area (TPSA) is 110 Å². The van der Waals surface area contributed by atoms with Crippen LogP contribution in [0.2, 0.25) is 0 Å². The van der Waals surface area contributed by atoms with Gasteiger partial charge in [-0.25, -0.2) is 13.1 Å². The number of aliphatic carboxylic acids is 1. The van der Waals surface area contributed by atoms with Gasteiger partial charge in [0.25, 0.3) is 0 Å². The molecule has 0 amide bonds. The molecule has 0 radical (unpaired) electrons. The summed E-state index contributed by atoms with van der Waals surface area (Å²) in [7, 11) is -4.00. The number of ether oxygens (including phenoxy) is 1. The van der Waals surface area contributed by atoms with Gasteiger partial charge in [-0.2, -0.15) is 0 Å². The van der Waals surface area contributed by atoms with E-state index >= 15 is 0 Å². The molecular weight excluding hydrogens is 250 g/mol. The predicted octanol–water partition coefficient (Wildman–Crippen LogP) is -0.279. The minimum atomic E-state index is -4.00. The molecule has 0 aliphatic rings. The maximum Gasteiger partial charge on any atom is 0.323 e. The molecule has 17 heavy (non-hydrogen) atoms. The van der Waals surface area contributed by atoms with Crippen LogP contribution in [0.4, 0.5) is 0 Å². The van der Waals surface area contributed by atoms with Crippen LogP contribution in [0.3, 0.4) is 0 Å². The first kappa shape index (κ1) is 15.9. The number of esters is 1. The number of carbonyl (C=O) groups is 2. The second-order valence-corrected chi connectivity index (χ2v) is 6.28. The van der Waals surface area contributed by atoms with Crippen molar-refractivity contribution in [2.24, 2.45) is 0 Å². The summed E-state index contributed by atoms with van der Waals surface area (Å²) in [6, 6.07) is -1.29. The molecule has 0 rings (SSSR count). The highest BCUT2D eigenvalue weighted by Crippen LogP contribution is 2.07. The van der Waals surface area contributed by atoms with Crippen LogP contribution in [0.5, 0.6) is 0 Å². The van der Waals surface area contributed by atoms with E-state index in [0.717, 1.165) is 6.92 Å². The van der Waals surface area contributed by atoms with Gasteiger partial charge in [-0.1, -0.05) is 0 Å². The van der Waals surface area contributed by atoms with Gasteiger partial charge in [0.15, 0.2) is 5.75 Å². The molecule has 0 fully saturated rings. The van der Waals surface area contributed by atoms with Crippen LogP contribution < -0.4 is 4.72 Å². The van der Waals surface area contributed by atoms with Crippen molar-refractivity contribution in [1.29, 1.82) is 0 Å². The molecule has 7 nitrogen and oxygen atoms in total. The monoisotopic (exact) mass is 267 g/mol. The highest BCUT2D eigenvalue weighted by Gasteiger charge is 2.25. The Morgan fingerprint density at radius 3 is 2.18 bits per heavy atom. The lowest BCUT2D eigenvalue weighted by Gasteiger charge is -2.19. The third-order valence-electron chi connectivity index (χ3n) is 1.45. The Bertz CT molecular complexity index is 394. The van der Waals surface area contributed by atoms with Crippen LogP contribution in [0.15, 0.2) is 0 Å². The van der Waals surface area contributed by atoms with Gasteiger partial charge in [0.1, 0.15) is 11.6 Å². The standard InChI is InChI=1S/C9H17NO6S/c1-6(8(12)13)10-17(14,15)5-7(11)16-9(2,3)4/h6,10H,5H2,1-4H3,(H,12,13)/t6-/m0/s1. The van der Waals surface area contributed by atoms with E-state index < -0.39 is 39.4 Å². The maximum absolute atomic E-state index is 11.4. The van der Waals surface area contributed by atoms with Crippen molar-refractivity contribution in [2.75, 3.05) is 5.75 Å². The molecule has 0 saturated carbocycles. The molecule has 0 aromatic heterocycles. The summed E-state index contributed by atoms with van der Waals surface area (Å²) < 4.78 is 29.4. The van der Waals surface area contributed by atoms with E-state index in [9.17, 15) is 18.0 Å². The Kier molecular flexibility index (Phi) is 5.09. The number of rotatable bonds is 5. The van der Waals surface area contributed by atoms with Crippen molar-refractivity contribution in [1.82, 2.24) is 4.72 Å². The van der Waals surface area contributed by atoms with Gasteiger partial charge in [0, 0.05) is 0 Å². The lowest BCUT2D eigenvalue weighted by molar-refractivity contribution is -0.151. The molecule has 0 unspecified atom stereocenters. The minimum absolute atomic E-state index is 0.787. The number of hydrogen-bond acceptors (Lipinski definition) is 5. The SMILES string of the molecule is C[C@H](NS(=O)(=O)CC(=O)OC(C)(C)C)C(=O)O. The van der Waals surface area contributed by atoms with E-state index in [-0.39, 0.29) is 0 Å². The summed E-state index contributed by atoms with van der Waals surface area (Å²) in [5, 5.41) is 8.52. The van der Waals surface area contributed by atoms with E-state index in [0.29, 0.717) is 0 Å². The second-order valence-electron chi connectivity index (χ2n) is 4.52. The molecule has 1 atom stereocenters. The Labute approximate surface area is 100 Å². The lowest BCUT2D eigenvalue weighted by atomic mass is 10.2. The van der Waals surface area contributed by atoms with Crippen molar-refractivity contribution >= 4 is 22.0 Å². The Morgan fingerprint density at radius 1 is 1.35 bits per heavy atom. The molecule has 0 saturated heterocycles. The van der Waals surface area contributed by atoms with Crippen molar-refractivity contribution < 1.29 is 27.9 Å². The van der Waals surface area contributed by atoms with Gasteiger partial charge < -0.3 is 9.84 Å². The number of carboxylic acid groups (broad SMARTS) is 1. The largest absolute Gasteiger partial charge is 0.480 e. The first-order chi connectivity index (χ1) is 7.43. The number of carbonyl (C=O) groups excluding carboxylic acids is 1. The zero-order valence-electron chi connectivity index (χ0n) is 10.2. The summed E-state index contributed by atoms with van der Waals surface area (Å²) in [6.45, 7) is 5.97.